The Morgan fingerprint density at radius 2 is 2.26 bits per heavy atom. The van der Waals surface area contributed by atoms with Crippen LogP contribution in [0.25, 0.3) is 0 Å². The SMILES string of the molecule is CC(=O)NCCCn1nnc2c1CCC(C)CCC2. The molecule has 1 heterocycles. The topological polar surface area (TPSA) is 59.8 Å². The molecule has 1 aliphatic rings. The second kappa shape index (κ2) is 6.68. The minimum atomic E-state index is 0.0303. The van der Waals surface area contributed by atoms with Gasteiger partial charge in [-0.3, -0.25) is 4.79 Å². The number of nitrogens with one attached hydrogen (secondary N) is 1. The van der Waals surface area contributed by atoms with Crippen LogP contribution in [0.4, 0.5) is 0 Å². The molecule has 0 aliphatic heterocycles. The van der Waals surface area contributed by atoms with Crippen molar-refractivity contribution in [1.29, 1.82) is 0 Å². The fourth-order valence-corrected chi connectivity index (χ4v) is 2.65. The minimum Gasteiger partial charge on any atom is -0.356 e. The maximum atomic E-state index is 10.8. The Morgan fingerprint density at radius 3 is 3.05 bits per heavy atom. The summed E-state index contributed by atoms with van der Waals surface area (Å²) in [6.45, 7) is 5.43. The largest absolute Gasteiger partial charge is 0.356 e. The fourth-order valence-electron chi connectivity index (χ4n) is 2.65. The Balaban J connectivity index is 1.92. The number of aromatic nitrogens is 3. The zero-order valence-electron chi connectivity index (χ0n) is 12.0. The molecular weight excluding hydrogens is 240 g/mol. The Hall–Kier alpha value is -1.39. The molecule has 1 aliphatic carbocycles. The zero-order valence-corrected chi connectivity index (χ0v) is 12.0. The van der Waals surface area contributed by atoms with Crippen molar-refractivity contribution in [2.24, 2.45) is 5.92 Å². The molecule has 5 nitrogen and oxygen atoms in total. The summed E-state index contributed by atoms with van der Waals surface area (Å²) >= 11 is 0. The van der Waals surface area contributed by atoms with E-state index in [0.717, 1.165) is 31.7 Å². The summed E-state index contributed by atoms with van der Waals surface area (Å²) in [5.74, 6) is 0.832. The lowest BCUT2D eigenvalue weighted by Gasteiger charge is -2.16. The molecule has 0 radical (unpaired) electrons. The van der Waals surface area contributed by atoms with Gasteiger partial charge in [0.15, 0.2) is 0 Å². The van der Waals surface area contributed by atoms with Gasteiger partial charge in [-0.15, -0.1) is 5.10 Å². The van der Waals surface area contributed by atoms with E-state index >= 15 is 0 Å². The highest BCUT2D eigenvalue weighted by Crippen LogP contribution is 2.22. The van der Waals surface area contributed by atoms with Gasteiger partial charge in [-0.05, 0) is 38.0 Å². The molecule has 106 valence electrons. The summed E-state index contributed by atoms with van der Waals surface area (Å²) in [5, 5.41) is 11.4. The molecule has 0 spiro atoms. The summed E-state index contributed by atoms with van der Waals surface area (Å²) in [6.07, 6.45) is 6.81. The fraction of sp³-hybridized carbons (Fsp3) is 0.786. The van der Waals surface area contributed by atoms with Crippen LogP contribution in [-0.4, -0.2) is 27.4 Å². The average Bonchev–Trinajstić information content (AvgIpc) is 2.71. The van der Waals surface area contributed by atoms with Crippen molar-refractivity contribution in [3.63, 3.8) is 0 Å². The molecule has 1 amide bonds. The monoisotopic (exact) mass is 264 g/mol. The molecule has 1 N–H and O–H groups in total. The lowest BCUT2D eigenvalue weighted by Crippen LogP contribution is -2.22. The second-order valence-electron chi connectivity index (χ2n) is 5.58. The molecule has 5 heteroatoms. The molecule has 0 saturated heterocycles. The van der Waals surface area contributed by atoms with Gasteiger partial charge in [0.25, 0.3) is 0 Å². The van der Waals surface area contributed by atoms with Gasteiger partial charge >= 0.3 is 0 Å². The highest BCUT2D eigenvalue weighted by Gasteiger charge is 2.17. The number of nitrogens with zero attached hydrogens (tertiary/aromatic N) is 3. The summed E-state index contributed by atoms with van der Waals surface area (Å²) in [5.41, 5.74) is 2.50. The molecule has 1 aromatic heterocycles. The van der Waals surface area contributed by atoms with E-state index in [4.69, 9.17) is 0 Å². The van der Waals surface area contributed by atoms with E-state index in [2.05, 4.69) is 22.6 Å². The maximum absolute atomic E-state index is 10.8. The van der Waals surface area contributed by atoms with Crippen molar-refractivity contribution < 1.29 is 4.79 Å². The van der Waals surface area contributed by atoms with E-state index < -0.39 is 0 Å². The van der Waals surface area contributed by atoms with Crippen molar-refractivity contribution in [2.45, 2.75) is 58.9 Å². The highest BCUT2D eigenvalue weighted by molar-refractivity contribution is 5.72. The summed E-state index contributed by atoms with van der Waals surface area (Å²) in [7, 11) is 0. The molecule has 0 aromatic carbocycles. The molecule has 0 saturated carbocycles. The van der Waals surface area contributed by atoms with Crippen LogP contribution >= 0.6 is 0 Å². The minimum absolute atomic E-state index is 0.0303. The van der Waals surface area contributed by atoms with E-state index in [1.807, 2.05) is 4.68 Å². The predicted octanol–water partition coefficient (Wildman–Crippen LogP) is 1.71. The molecule has 0 bridgehead atoms. The molecular formula is C14H24N4O. The van der Waals surface area contributed by atoms with Crippen LogP contribution < -0.4 is 5.32 Å². The van der Waals surface area contributed by atoms with E-state index in [1.54, 1.807) is 6.92 Å². The van der Waals surface area contributed by atoms with Crippen LogP contribution in [0, 0.1) is 5.92 Å². The quantitative estimate of drug-likeness (QED) is 0.842. The Labute approximate surface area is 114 Å². The lowest BCUT2D eigenvalue weighted by atomic mass is 9.93. The van der Waals surface area contributed by atoms with E-state index in [9.17, 15) is 4.79 Å². The van der Waals surface area contributed by atoms with Crippen LogP contribution in [0.5, 0.6) is 0 Å². The van der Waals surface area contributed by atoms with Gasteiger partial charge in [0.1, 0.15) is 0 Å². The zero-order chi connectivity index (χ0) is 13.7. The average molecular weight is 264 g/mol. The molecule has 19 heavy (non-hydrogen) atoms. The third kappa shape index (κ3) is 4.04. The predicted molar refractivity (Wildman–Crippen MR) is 73.7 cm³/mol. The number of rotatable bonds is 4. The number of aryl methyl sites for hydroxylation is 2. The standard InChI is InChI=1S/C14H24N4O/c1-11-5-3-6-13-14(8-7-11)18(17-16-13)10-4-9-15-12(2)19/h11H,3-10H2,1-2H3,(H,15,19). The highest BCUT2D eigenvalue weighted by atomic mass is 16.1. The van der Waals surface area contributed by atoms with Crippen LogP contribution in [0.3, 0.4) is 0 Å². The third-order valence-corrected chi connectivity index (χ3v) is 3.82. The number of carbonyl (C=O) groups excluding carboxylic acids is 1. The third-order valence-electron chi connectivity index (χ3n) is 3.82. The van der Waals surface area contributed by atoms with Crippen molar-refractivity contribution in [3.8, 4) is 0 Å². The van der Waals surface area contributed by atoms with Gasteiger partial charge < -0.3 is 5.32 Å². The number of carbonyl (C=O) groups is 1. The molecule has 1 atom stereocenters. The summed E-state index contributed by atoms with van der Waals surface area (Å²) in [4.78, 5) is 10.8. The molecule has 0 fully saturated rings. The first-order chi connectivity index (χ1) is 9.16. The van der Waals surface area contributed by atoms with E-state index in [0.29, 0.717) is 6.54 Å². The summed E-state index contributed by atoms with van der Waals surface area (Å²) < 4.78 is 2.04. The normalized spacial score (nSPS) is 19.4. The maximum Gasteiger partial charge on any atom is 0.216 e. The molecule has 1 unspecified atom stereocenters. The van der Waals surface area contributed by atoms with Gasteiger partial charge in [0.05, 0.1) is 11.4 Å². The van der Waals surface area contributed by atoms with Crippen LogP contribution in [0.15, 0.2) is 0 Å². The lowest BCUT2D eigenvalue weighted by molar-refractivity contribution is -0.118. The Kier molecular flexibility index (Phi) is 4.93. The number of amides is 1. The van der Waals surface area contributed by atoms with Crippen molar-refractivity contribution in [1.82, 2.24) is 20.3 Å². The van der Waals surface area contributed by atoms with Gasteiger partial charge in [0.2, 0.25) is 5.91 Å². The molecule has 1 aromatic rings. The first-order valence-corrected chi connectivity index (χ1v) is 7.32. The van der Waals surface area contributed by atoms with Gasteiger partial charge in [0, 0.05) is 20.0 Å². The van der Waals surface area contributed by atoms with Gasteiger partial charge in [-0.2, -0.15) is 0 Å². The first-order valence-electron chi connectivity index (χ1n) is 7.32. The van der Waals surface area contributed by atoms with E-state index in [1.165, 1.54) is 30.7 Å². The van der Waals surface area contributed by atoms with Gasteiger partial charge in [-0.1, -0.05) is 18.6 Å². The Bertz CT molecular complexity index is 427. The molecule has 2 rings (SSSR count). The summed E-state index contributed by atoms with van der Waals surface area (Å²) in [6, 6.07) is 0. The van der Waals surface area contributed by atoms with Crippen LogP contribution in [-0.2, 0) is 24.2 Å². The number of hydrogen-bond acceptors (Lipinski definition) is 3. The van der Waals surface area contributed by atoms with Crippen molar-refractivity contribution >= 4 is 5.91 Å². The number of fused-ring (bicyclic) bond motifs is 1. The Morgan fingerprint density at radius 1 is 1.42 bits per heavy atom. The van der Waals surface area contributed by atoms with Gasteiger partial charge in [-0.25, -0.2) is 4.68 Å². The van der Waals surface area contributed by atoms with Crippen LogP contribution in [0.1, 0.15) is 50.9 Å². The second-order valence-corrected chi connectivity index (χ2v) is 5.58. The smallest absolute Gasteiger partial charge is 0.216 e. The number of hydrogen-bond donors (Lipinski definition) is 1. The van der Waals surface area contributed by atoms with Crippen molar-refractivity contribution in [2.75, 3.05) is 6.54 Å². The van der Waals surface area contributed by atoms with Crippen LogP contribution in [0.2, 0.25) is 0 Å². The first kappa shape index (κ1) is 14.0. The van der Waals surface area contributed by atoms with E-state index in [-0.39, 0.29) is 5.91 Å². The van der Waals surface area contributed by atoms with Crippen molar-refractivity contribution in [3.05, 3.63) is 11.4 Å².